The Kier molecular flexibility index (Phi) is 5.94. The molecule has 0 radical (unpaired) electrons. The van der Waals surface area contributed by atoms with E-state index in [0.29, 0.717) is 12.3 Å². The smallest absolute Gasteiger partial charge is 0.345 e. The normalized spacial score (nSPS) is 10.2. The molecule has 0 unspecified atom stereocenters. The number of amides is 2. The van der Waals surface area contributed by atoms with Gasteiger partial charge in [0.1, 0.15) is 5.75 Å². The van der Waals surface area contributed by atoms with Gasteiger partial charge >= 0.3 is 6.03 Å². The number of aromatic nitrogens is 1. The number of hydrogen-bond acceptors (Lipinski definition) is 4. The summed E-state index contributed by atoms with van der Waals surface area (Å²) in [6.07, 6.45) is 2.54. The second kappa shape index (κ2) is 8.14. The Morgan fingerprint density at radius 2 is 2.00 bits per heavy atom. The predicted octanol–water partition coefficient (Wildman–Crippen LogP) is 3.04. The fourth-order valence-corrected chi connectivity index (χ4v) is 1.97. The van der Waals surface area contributed by atoms with Gasteiger partial charge in [-0.25, -0.2) is 9.86 Å². The summed E-state index contributed by atoms with van der Waals surface area (Å²) in [5.74, 6) is 0.747. The van der Waals surface area contributed by atoms with Gasteiger partial charge in [0.2, 0.25) is 0 Å². The van der Waals surface area contributed by atoms with Gasteiger partial charge in [0.25, 0.3) is 0 Å². The molecule has 122 valence electrons. The molecule has 0 aliphatic rings. The number of carbonyl (C=O) groups excluding carboxylic acids is 1. The largest absolute Gasteiger partial charge is 0.493 e. The second-order valence-electron chi connectivity index (χ2n) is 5.00. The predicted molar refractivity (Wildman–Crippen MR) is 88.4 cm³/mol. The molecule has 23 heavy (non-hydrogen) atoms. The maximum absolute atomic E-state index is 11.6. The molecule has 0 aliphatic heterocycles. The van der Waals surface area contributed by atoms with Gasteiger partial charge in [-0.3, -0.25) is 9.82 Å². The molecular formula is C17H21N3O3. The summed E-state index contributed by atoms with van der Waals surface area (Å²) in [6, 6.07) is 10.8. The zero-order valence-electron chi connectivity index (χ0n) is 13.6. The quantitative estimate of drug-likeness (QED) is 0.832. The van der Waals surface area contributed by atoms with Crippen LogP contribution < -0.4 is 10.1 Å². The highest BCUT2D eigenvalue weighted by Crippen LogP contribution is 2.16. The molecule has 0 spiro atoms. The van der Waals surface area contributed by atoms with Crippen LogP contribution in [0, 0.1) is 6.92 Å². The van der Waals surface area contributed by atoms with Gasteiger partial charge in [0.15, 0.2) is 0 Å². The van der Waals surface area contributed by atoms with Crippen LogP contribution in [0.3, 0.4) is 0 Å². The maximum atomic E-state index is 11.6. The number of rotatable bonds is 6. The van der Waals surface area contributed by atoms with Crippen molar-refractivity contribution in [2.24, 2.45) is 0 Å². The van der Waals surface area contributed by atoms with E-state index in [0.717, 1.165) is 28.5 Å². The minimum Gasteiger partial charge on any atom is -0.493 e. The van der Waals surface area contributed by atoms with Gasteiger partial charge in [-0.05, 0) is 42.8 Å². The van der Waals surface area contributed by atoms with E-state index in [9.17, 15) is 4.79 Å². The standard InChI is InChI=1S/C17H21N3O3/c1-13-5-4-11-18-16(13)10-12-23-15-8-6-14(7-9-15)19-17(21)20(2)22-3/h4-9,11H,10,12H2,1-3H3,(H,19,21). The minimum atomic E-state index is -0.341. The third-order valence-corrected chi connectivity index (χ3v) is 3.39. The van der Waals surface area contributed by atoms with Crippen LogP contribution in [0.4, 0.5) is 10.5 Å². The molecule has 1 heterocycles. The summed E-state index contributed by atoms with van der Waals surface area (Å²) in [4.78, 5) is 20.8. The van der Waals surface area contributed by atoms with Crippen LogP contribution in [0.2, 0.25) is 0 Å². The summed E-state index contributed by atoms with van der Waals surface area (Å²) < 4.78 is 5.71. The minimum absolute atomic E-state index is 0.341. The molecule has 1 aromatic carbocycles. The molecule has 0 saturated heterocycles. The van der Waals surface area contributed by atoms with E-state index in [-0.39, 0.29) is 6.03 Å². The lowest BCUT2D eigenvalue weighted by Gasteiger charge is -2.14. The van der Waals surface area contributed by atoms with Crippen molar-refractivity contribution in [2.45, 2.75) is 13.3 Å². The van der Waals surface area contributed by atoms with Gasteiger partial charge in [-0.2, -0.15) is 0 Å². The van der Waals surface area contributed by atoms with Crippen molar-refractivity contribution >= 4 is 11.7 Å². The number of benzene rings is 1. The first-order valence-corrected chi connectivity index (χ1v) is 7.32. The van der Waals surface area contributed by atoms with Gasteiger partial charge < -0.3 is 10.1 Å². The van der Waals surface area contributed by atoms with E-state index in [4.69, 9.17) is 9.57 Å². The van der Waals surface area contributed by atoms with Crippen LogP contribution in [0.15, 0.2) is 42.6 Å². The Labute approximate surface area is 136 Å². The van der Waals surface area contributed by atoms with Crippen molar-refractivity contribution < 1.29 is 14.4 Å². The number of hydroxylamine groups is 2. The first-order valence-electron chi connectivity index (χ1n) is 7.32. The van der Waals surface area contributed by atoms with Crippen molar-refractivity contribution in [3.8, 4) is 5.75 Å². The van der Waals surface area contributed by atoms with Gasteiger partial charge in [0.05, 0.1) is 13.7 Å². The van der Waals surface area contributed by atoms with E-state index >= 15 is 0 Å². The highest BCUT2D eigenvalue weighted by Gasteiger charge is 2.07. The van der Waals surface area contributed by atoms with E-state index in [2.05, 4.69) is 10.3 Å². The Hall–Kier alpha value is -2.60. The monoisotopic (exact) mass is 315 g/mol. The number of nitrogens with one attached hydrogen (secondary N) is 1. The fraction of sp³-hybridized carbons (Fsp3) is 0.294. The molecule has 1 aromatic heterocycles. The zero-order chi connectivity index (χ0) is 16.7. The van der Waals surface area contributed by atoms with Crippen molar-refractivity contribution in [3.63, 3.8) is 0 Å². The second-order valence-corrected chi connectivity index (χ2v) is 5.00. The lowest BCUT2D eigenvalue weighted by Crippen LogP contribution is -2.30. The lowest BCUT2D eigenvalue weighted by atomic mass is 10.2. The molecule has 0 saturated carbocycles. The third-order valence-electron chi connectivity index (χ3n) is 3.39. The van der Waals surface area contributed by atoms with Crippen LogP contribution >= 0.6 is 0 Å². The molecule has 0 bridgehead atoms. The molecule has 6 nitrogen and oxygen atoms in total. The van der Waals surface area contributed by atoms with Gasteiger partial charge in [0, 0.05) is 31.0 Å². The highest BCUT2D eigenvalue weighted by molar-refractivity contribution is 5.88. The molecule has 2 rings (SSSR count). The van der Waals surface area contributed by atoms with Crippen LogP contribution in [-0.2, 0) is 11.3 Å². The number of aryl methyl sites for hydroxylation is 1. The topological polar surface area (TPSA) is 63.7 Å². The highest BCUT2D eigenvalue weighted by atomic mass is 16.7. The third kappa shape index (κ3) is 4.96. The molecule has 6 heteroatoms. The maximum Gasteiger partial charge on any atom is 0.345 e. The number of carbonyl (C=O) groups is 1. The van der Waals surface area contributed by atoms with Crippen LogP contribution in [-0.4, -0.2) is 36.8 Å². The first kappa shape index (κ1) is 16.8. The van der Waals surface area contributed by atoms with Gasteiger partial charge in [-0.1, -0.05) is 6.07 Å². The average Bonchev–Trinajstić information content (AvgIpc) is 2.57. The van der Waals surface area contributed by atoms with Crippen LogP contribution in [0.1, 0.15) is 11.3 Å². The van der Waals surface area contributed by atoms with E-state index in [1.54, 1.807) is 18.3 Å². The van der Waals surface area contributed by atoms with E-state index in [1.165, 1.54) is 14.2 Å². The molecule has 2 aromatic rings. The Morgan fingerprint density at radius 1 is 1.26 bits per heavy atom. The summed E-state index contributed by atoms with van der Waals surface area (Å²) >= 11 is 0. The van der Waals surface area contributed by atoms with E-state index < -0.39 is 0 Å². The number of hydrogen-bond donors (Lipinski definition) is 1. The first-order chi connectivity index (χ1) is 11.1. The Balaban J connectivity index is 1.83. The Bertz CT molecular complexity index is 644. The van der Waals surface area contributed by atoms with Crippen molar-refractivity contribution in [1.82, 2.24) is 10.0 Å². The summed E-state index contributed by atoms with van der Waals surface area (Å²) in [5, 5.41) is 3.82. The van der Waals surface area contributed by atoms with E-state index in [1.807, 2.05) is 31.2 Å². The number of urea groups is 1. The average molecular weight is 315 g/mol. The fourth-order valence-electron chi connectivity index (χ4n) is 1.97. The van der Waals surface area contributed by atoms with Crippen molar-refractivity contribution in [1.29, 1.82) is 0 Å². The summed E-state index contributed by atoms with van der Waals surface area (Å²) in [7, 11) is 2.96. The van der Waals surface area contributed by atoms with Gasteiger partial charge in [-0.15, -0.1) is 0 Å². The Morgan fingerprint density at radius 3 is 2.65 bits per heavy atom. The number of anilines is 1. The zero-order valence-corrected chi connectivity index (χ0v) is 13.6. The molecular weight excluding hydrogens is 294 g/mol. The number of ether oxygens (including phenoxy) is 1. The molecule has 1 N–H and O–H groups in total. The van der Waals surface area contributed by atoms with Crippen molar-refractivity contribution in [2.75, 3.05) is 26.1 Å². The van der Waals surface area contributed by atoms with Crippen molar-refractivity contribution in [3.05, 3.63) is 53.9 Å². The van der Waals surface area contributed by atoms with Crippen LogP contribution in [0.5, 0.6) is 5.75 Å². The molecule has 0 aliphatic carbocycles. The van der Waals surface area contributed by atoms with Crippen LogP contribution in [0.25, 0.3) is 0 Å². The molecule has 0 fully saturated rings. The lowest BCUT2D eigenvalue weighted by molar-refractivity contribution is -0.0598. The SMILES string of the molecule is CON(C)C(=O)Nc1ccc(OCCc2ncccc2C)cc1. The molecule has 0 atom stereocenters. The number of pyridine rings is 1. The number of nitrogens with zero attached hydrogens (tertiary/aromatic N) is 2. The summed E-state index contributed by atoms with van der Waals surface area (Å²) in [6.45, 7) is 2.59. The molecule has 2 amide bonds. The summed E-state index contributed by atoms with van der Waals surface area (Å²) in [5.41, 5.74) is 2.88.